The van der Waals surface area contributed by atoms with Gasteiger partial charge in [0.25, 0.3) is 0 Å². The standard InChI is InChI=1S/C8H5S.Li/c1-2-4-8-7(3-1)5-6-9-8;/h1-3,5-6H;. The second-order valence-electron chi connectivity index (χ2n) is 2.41. The van der Waals surface area contributed by atoms with Crippen LogP contribution in [0.3, 0.4) is 0 Å². The molecule has 2 aromatic rings. The van der Waals surface area contributed by atoms with Gasteiger partial charge in [0, 0.05) is 0 Å². The van der Waals surface area contributed by atoms with E-state index >= 15 is 0 Å². The van der Waals surface area contributed by atoms with Crippen molar-refractivity contribution in [3.63, 3.8) is 0 Å². The first-order valence-electron chi connectivity index (χ1n) is 3.31. The van der Waals surface area contributed by atoms with Gasteiger partial charge in [0.1, 0.15) is 0 Å². The SMILES string of the molecule is [Li][c]1cccc2ccsc12. The van der Waals surface area contributed by atoms with E-state index in [-0.39, 0.29) is 0 Å². The summed E-state index contributed by atoms with van der Waals surface area (Å²) in [6.07, 6.45) is 0. The van der Waals surface area contributed by atoms with Crippen LogP contribution in [0.1, 0.15) is 0 Å². The minimum absolute atomic E-state index is 1.37. The first kappa shape index (κ1) is 6.49. The fourth-order valence-corrected chi connectivity index (χ4v) is 2.02. The van der Waals surface area contributed by atoms with Crippen LogP contribution in [-0.2, 0) is 0 Å². The Morgan fingerprint density at radius 3 is 2.90 bits per heavy atom. The summed E-state index contributed by atoms with van der Waals surface area (Å²) in [6, 6.07) is 8.56. The average molecular weight is 140 g/mol. The van der Waals surface area contributed by atoms with Crippen LogP contribution >= 0.6 is 11.3 Å². The van der Waals surface area contributed by atoms with E-state index in [2.05, 4.69) is 47.4 Å². The molecule has 1 aromatic heterocycles. The van der Waals surface area contributed by atoms with Crippen LogP contribution in [0.5, 0.6) is 0 Å². The fourth-order valence-electron chi connectivity index (χ4n) is 1.14. The summed E-state index contributed by atoms with van der Waals surface area (Å²) in [6.45, 7) is 0. The van der Waals surface area contributed by atoms with E-state index in [1.54, 1.807) is 0 Å². The van der Waals surface area contributed by atoms with Gasteiger partial charge < -0.3 is 0 Å². The number of fused-ring (bicyclic) bond motifs is 1. The van der Waals surface area contributed by atoms with Crippen molar-refractivity contribution in [2.45, 2.75) is 0 Å². The molecule has 0 spiro atoms. The molecule has 0 aliphatic carbocycles. The monoisotopic (exact) mass is 140 g/mol. The molecular formula is C8H5LiS. The number of hydrogen-bond acceptors (Lipinski definition) is 1. The molecule has 0 bridgehead atoms. The molecule has 0 saturated heterocycles. The Bertz CT molecular complexity index is 351. The second kappa shape index (κ2) is 2.43. The van der Waals surface area contributed by atoms with E-state index in [0.717, 1.165) is 0 Å². The van der Waals surface area contributed by atoms with Gasteiger partial charge in [0.15, 0.2) is 0 Å². The zero-order valence-electron chi connectivity index (χ0n) is 5.79. The van der Waals surface area contributed by atoms with Gasteiger partial charge in [-0.2, -0.15) is 0 Å². The van der Waals surface area contributed by atoms with Crippen LogP contribution in [0.4, 0.5) is 0 Å². The van der Waals surface area contributed by atoms with Crippen molar-refractivity contribution in [1.29, 1.82) is 0 Å². The Kier molecular flexibility index (Phi) is 1.58. The quantitative estimate of drug-likeness (QED) is 0.488. The van der Waals surface area contributed by atoms with E-state index in [0.29, 0.717) is 0 Å². The molecule has 0 aliphatic rings. The Balaban J connectivity index is 2.95. The molecule has 0 atom stereocenters. The maximum atomic E-state index is 2.16. The van der Waals surface area contributed by atoms with Gasteiger partial charge in [0.05, 0.1) is 0 Å². The molecule has 1 heterocycles. The molecule has 0 aliphatic heterocycles. The first-order valence-corrected chi connectivity index (χ1v) is 4.19. The predicted octanol–water partition coefficient (Wildman–Crippen LogP) is 1.70. The topological polar surface area (TPSA) is 0 Å². The Morgan fingerprint density at radius 1 is 1.20 bits per heavy atom. The van der Waals surface area contributed by atoms with Crippen molar-refractivity contribution in [2.75, 3.05) is 0 Å². The summed E-state index contributed by atoms with van der Waals surface area (Å²) in [4.78, 5) is 0. The average Bonchev–Trinajstić information content (AvgIpc) is 2.36. The third-order valence-corrected chi connectivity index (χ3v) is 2.74. The van der Waals surface area contributed by atoms with Crippen molar-refractivity contribution < 1.29 is 0 Å². The molecule has 44 valence electrons. The predicted molar refractivity (Wildman–Crippen MR) is 47.2 cm³/mol. The zero-order chi connectivity index (χ0) is 6.97. The van der Waals surface area contributed by atoms with Gasteiger partial charge in [-0.1, -0.05) is 0 Å². The second-order valence-corrected chi connectivity index (χ2v) is 3.33. The molecule has 2 rings (SSSR count). The Hall–Kier alpha value is -0.223. The molecule has 0 unspecified atom stereocenters. The number of rotatable bonds is 0. The van der Waals surface area contributed by atoms with E-state index in [9.17, 15) is 0 Å². The first-order chi connectivity index (χ1) is 4.88. The summed E-state index contributed by atoms with van der Waals surface area (Å²) < 4.78 is 2.80. The molecule has 0 fully saturated rings. The third-order valence-electron chi connectivity index (χ3n) is 1.68. The summed E-state index contributed by atoms with van der Waals surface area (Å²) in [5.74, 6) is 0. The number of benzene rings is 1. The van der Waals surface area contributed by atoms with Crippen LogP contribution in [-0.4, -0.2) is 17.7 Å². The molecule has 0 radical (unpaired) electrons. The molecule has 0 N–H and O–H groups in total. The molecule has 10 heavy (non-hydrogen) atoms. The van der Waals surface area contributed by atoms with Crippen molar-refractivity contribution in [3.05, 3.63) is 29.6 Å². The minimum atomic E-state index is 1.37. The van der Waals surface area contributed by atoms with E-state index in [1.165, 1.54) is 14.3 Å². The van der Waals surface area contributed by atoms with Crippen LogP contribution in [0.25, 0.3) is 10.1 Å². The summed E-state index contributed by atoms with van der Waals surface area (Å²) in [5.41, 5.74) is 0. The maximum absolute atomic E-state index is 2.16. The van der Waals surface area contributed by atoms with Crippen molar-refractivity contribution in [2.24, 2.45) is 0 Å². The van der Waals surface area contributed by atoms with Gasteiger partial charge >= 0.3 is 73.0 Å². The molecule has 0 saturated carbocycles. The zero-order valence-corrected chi connectivity index (χ0v) is 6.61. The molecule has 0 nitrogen and oxygen atoms in total. The van der Waals surface area contributed by atoms with Gasteiger partial charge in [0.2, 0.25) is 0 Å². The van der Waals surface area contributed by atoms with Crippen molar-refractivity contribution >= 4 is 43.4 Å². The van der Waals surface area contributed by atoms with Crippen molar-refractivity contribution in [3.8, 4) is 0 Å². The van der Waals surface area contributed by atoms with Gasteiger partial charge in [-0.05, 0) is 0 Å². The van der Waals surface area contributed by atoms with Gasteiger partial charge in [-0.25, -0.2) is 0 Å². The summed E-state index contributed by atoms with van der Waals surface area (Å²) in [7, 11) is 0. The van der Waals surface area contributed by atoms with Gasteiger partial charge in [-0.15, -0.1) is 0 Å². The fraction of sp³-hybridized carbons (Fsp3) is 0. The Morgan fingerprint density at radius 2 is 2.10 bits per heavy atom. The van der Waals surface area contributed by atoms with E-state index < -0.39 is 0 Å². The number of thiophene rings is 1. The van der Waals surface area contributed by atoms with Crippen LogP contribution in [0.2, 0.25) is 0 Å². The molecule has 0 amide bonds. The van der Waals surface area contributed by atoms with E-state index in [1.807, 2.05) is 11.3 Å². The van der Waals surface area contributed by atoms with E-state index in [4.69, 9.17) is 0 Å². The summed E-state index contributed by atoms with van der Waals surface area (Å²) in [5, 5.41) is 3.50. The Labute approximate surface area is 73.1 Å². The molecule has 2 heteroatoms. The van der Waals surface area contributed by atoms with Crippen LogP contribution < -0.4 is 4.24 Å². The van der Waals surface area contributed by atoms with Crippen molar-refractivity contribution in [1.82, 2.24) is 0 Å². The normalized spacial score (nSPS) is 10.6. The molecule has 1 aromatic carbocycles. The van der Waals surface area contributed by atoms with Crippen LogP contribution in [0.15, 0.2) is 29.6 Å². The van der Waals surface area contributed by atoms with Gasteiger partial charge in [-0.3, -0.25) is 0 Å². The number of hydrogen-bond donors (Lipinski definition) is 0. The summed E-state index contributed by atoms with van der Waals surface area (Å²) >= 11 is 3.97. The third kappa shape index (κ3) is 0.913. The van der Waals surface area contributed by atoms with Crippen LogP contribution in [0, 0.1) is 0 Å². The molecular weight excluding hydrogens is 135 g/mol.